The highest BCUT2D eigenvalue weighted by atomic mass is 32.2. The van der Waals surface area contributed by atoms with Gasteiger partial charge < -0.3 is 4.74 Å². The highest BCUT2D eigenvalue weighted by Gasteiger charge is 2.32. The molecule has 126 valence electrons. The second-order valence-corrected chi connectivity index (χ2v) is 8.97. The summed E-state index contributed by atoms with van der Waals surface area (Å²) in [7, 11) is 0. The van der Waals surface area contributed by atoms with Crippen LogP contribution in [0.1, 0.15) is 50.4 Å². The molecule has 4 rings (SSSR count). The van der Waals surface area contributed by atoms with Gasteiger partial charge in [-0.2, -0.15) is 0 Å². The lowest BCUT2D eigenvalue weighted by molar-refractivity contribution is -0.0402. The number of pyridine rings is 1. The molecule has 0 amide bonds. The Balaban J connectivity index is 2.13. The van der Waals surface area contributed by atoms with Crippen LogP contribution in [0, 0.1) is 0 Å². The van der Waals surface area contributed by atoms with Gasteiger partial charge in [0.1, 0.15) is 16.2 Å². The van der Waals surface area contributed by atoms with Crippen LogP contribution in [0.25, 0.3) is 20.4 Å². The van der Waals surface area contributed by atoms with Crippen LogP contribution < -0.4 is 0 Å². The average molecular weight is 360 g/mol. The summed E-state index contributed by atoms with van der Waals surface area (Å²) in [6, 6.07) is 0. The standard InChI is InChI=1S/C18H21N3OS2/c1-9(2)13-11-7-22-18(3,4)6-10(11)12-14-15(24-16(12)21-13)17(23-5)20-8-19-14/h8-9H,6-7H2,1-5H3. The molecule has 4 nitrogen and oxygen atoms in total. The molecule has 0 radical (unpaired) electrons. The zero-order chi connectivity index (χ0) is 17.1. The van der Waals surface area contributed by atoms with Crippen molar-refractivity contribution in [3.05, 3.63) is 23.1 Å². The zero-order valence-corrected chi connectivity index (χ0v) is 16.3. The predicted molar refractivity (Wildman–Crippen MR) is 101 cm³/mol. The summed E-state index contributed by atoms with van der Waals surface area (Å²) in [5, 5.41) is 2.25. The summed E-state index contributed by atoms with van der Waals surface area (Å²) >= 11 is 3.39. The number of hydrogen-bond donors (Lipinski definition) is 0. The monoisotopic (exact) mass is 359 g/mol. The van der Waals surface area contributed by atoms with Crippen molar-refractivity contribution >= 4 is 43.5 Å². The first-order valence-corrected chi connectivity index (χ1v) is 10.2. The SMILES string of the molecule is CSc1ncnc2c1sc1nc(C(C)C)c3c(c12)CC(C)(C)OC3. The van der Waals surface area contributed by atoms with E-state index >= 15 is 0 Å². The molecule has 0 atom stereocenters. The number of hydrogen-bond acceptors (Lipinski definition) is 6. The smallest absolute Gasteiger partial charge is 0.126 e. The molecule has 0 N–H and O–H groups in total. The fraction of sp³-hybridized carbons (Fsp3) is 0.500. The van der Waals surface area contributed by atoms with Gasteiger partial charge in [0.15, 0.2) is 0 Å². The Morgan fingerprint density at radius 3 is 2.75 bits per heavy atom. The largest absolute Gasteiger partial charge is 0.370 e. The van der Waals surface area contributed by atoms with E-state index in [4.69, 9.17) is 9.72 Å². The Morgan fingerprint density at radius 2 is 2.04 bits per heavy atom. The van der Waals surface area contributed by atoms with E-state index in [0.717, 1.165) is 26.5 Å². The Bertz CT molecular complexity index is 946. The van der Waals surface area contributed by atoms with E-state index in [2.05, 4.69) is 43.9 Å². The maximum atomic E-state index is 6.09. The third-order valence-corrected chi connectivity index (χ3v) is 6.47. The van der Waals surface area contributed by atoms with Crippen LogP contribution in [-0.4, -0.2) is 26.8 Å². The molecule has 3 aromatic heterocycles. The average Bonchev–Trinajstić information content (AvgIpc) is 2.91. The number of fused-ring (bicyclic) bond motifs is 5. The van der Waals surface area contributed by atoms with Crippen LogP contribution in [0.4, 0.5) is 0 Å². The molecular formula is C18H21N3OS2. The van der Waals surface area contributed by atoms with Crippen LogP contribution in [0.2, 0.25) is 0 Å². The fourth-order valence-corrected chi connectivity index (χ4v) is 5.29. The molecule has 3 aromatic rings. The molecule has 0 fully saturated rings. The number of thioether (sulfide) groups is 1. The van der Waals surface area contributed by atoms with Crippen LogP contribution in [-0.2, 0) is 17.8 Å². The fourth-order valence-electron chi connectivity index (χ4n) is 3.43. The van der Waals surface area contributed by atoms with Crippen LogP contribution in [0.5, 0.6) is 0 Å². The zero-order valence-electron chi connectivity index (χ0n) is 14.6. The van der Waals surface area contributed by atoms with E-state index in [9.17, 15) is 0 Å². The summed E-state index contributed by atoms with van der Waals surface area (Å²) in [4.78, 5) is 15.1. The van der Waals surface area contributed by atoms with Crippen molar-refractivity contribution in [1.82, 2.24) is 15.0 Å². The van der Waals surface area contributed by atoms with Crippen molar-refractivity contribution in [3.63, 3.8) is 0 Å². The summed E-state index contributed by atoms with van der Waals surface area (Å²) in [5.74, 6) is 0.379. The molecule has 1 aliphatic rings. The number of rotatable bonds is 2. The van der Waals surface area contributed by atoms with Crippen LogP contribution in [0.15, 0.2) is 11.4 Å². The van der Waals surface area contributed by atoms with Crippen molar-refractivity contribution in [2.45, 2.75) is 57.3 Å². The van der Waals surface area contributed by atoms with Crippen molar-refractivity contribution in [1.29, 1.82) is 0 Å². The third-order valence-electron chi connectivity index (χ3n) is 4.57. The molecule has 0 saturated heterocycles. The van der Waals surface area contributed by atoms with Gasteiger partial charge in [0.05, 0.1) is 28.1 Å². The Morgan fingerprint density at radius 1 is 1.25 bits per heavy atom. The van der Waals surface area contributed by atoms with E-state index in [1.807, 2.05) is 0 Å². The molecule has 0 unspecified atom stereocenters. The lowest BCUT2D eigenvalue weighted by atomic mass is 9.87. The Hall–Kier alpha value is -1.24. The maximum absolute atomic E-state index is 6.09. The van der Waals surface area contributed by atoms with Gasteiger partial charge in [-0.05, 0) is 31.6 Å². The number of ether oxygens (including phenoxy) is 1. The van der Waals surface area contributed by atoms with E-state index < -0.39 is 0 Å². The Kier molecular flexibility index (Phi) is 3.82. The molecule has 6 heteroatoms. The normalized spacial score (nSPS) is 16.9. The van der Waals surface area contributed by atoms with Gasteiger partial charge in [0.25, 0.3) is 0 Å². The van der Waals surface area contributed by atoms with E-state index in [1.54, 1.807) is 29.4 Å². The minimum atomic E-state index is -0.154. The van der Waals surface area contributed by atoms with E-state index in [1.165, 1.54) is 22.2 Å². The molecule has 0 aliphatic carbocycles. The summed E-state index contributed by atoms with van der Waals surface area (Å²) in [6.07, 6.45) is 4.63. The highest BCUT2D eigenvalue weighted by Crippen LogP contribution is 2.43. The van der Waals surface area contributed by atoms with Crippen molar-refractivity contribution in [2.75, 3.05) is 6.26 Å². The van der Waals surface area contributed by atoms with Crippen molar-refractivity contribution < 1.29 is 4.74 Å². The van der Waals surface area contributed by atoms with Crippen LogP contribution >= 0.6 is 23.1 Å². The highest BCUT2D eigenvalue weighted by molar-refractivity contribution is 7.98. The lowest BCUT2D eigenvalue weighted by Gasteiger charge is -2.33. The van der Waals surface area contributed by atoms with Gasteiger partial charge in [-0.3, -0.25) is 0 Å². The molecule has 1 aliphatic heterocycles. The predicted octanol–water partition coefficient (Wildman–Crippen LogP) is 4.94. The van der Waals surface area contributed by atoms with Gasteiger partial charge in [0, 0.05) is 17.4 Å². The number of aromatic nitrogens is 3. The maximum Gasteiger partial charge on any atom is 0.126 e. The van der Waals surface area contributed by atoms with Gasteiger partial charge >= 0.3 is 0 Å². The minimum Gasteiger partial charge on any atom is -0.370 e. The van der Waals surface area contributed by atoms with E-state index in [-0.39, 0.29) is 5.60 Å². The summed E-state index contributed by atoms with van der Waals surface area (Å²) in [6.45, 7) is 9.36. The second kappa shape index (κ2) is 5.64. The molecule has 24 heavy (non-hydrogen) atoms. The molecule has 0 saturated carbocycles. The third kappa shape index (κ3) is 2.43. The topological polar surface area (TPSA) is 47.9 Å². The minimum absolute atomic E-state index is 0.154. The molecule has 0 bridgehead atoms. The first-order valence-electron chi connectivity index (χ1n) is 8.18. The summed E-state index contributed by atoms with van der Waals surface area (Å²) < 4.78 is 7.24. The molecule has 0 aromatic carbocycles. The number of thiophene rings is 1. The second-order valence-electron chi connectivity index (χ2n) is 7.18. The van der Waals surface area contributed by atoms with Crippen LogP contribution in [0.3, 0.4) is 0 Å². The lowest BCUT2D eigenvalue weighted by Crippen LogP contribution is -2.32. The van der Waals surface area contributed by atoms with Gasteiger partial charge in [-0.15, -0.1) is 23.1 Å². The van der Waals surface area contributed by atoms with Gasteiger partial charge in [0.2, 0.25) is 0 Å². The van der Waals surface area contributed by atoms with E-state index in [0.29, 0.717) is 12.5 Å². The summed E-state index contributed by atoms with van der Waals surface area (Å²) in [5.41, 5.74) is 4.70. The van der Waals surface area contributed by atoms with Gasteiger partial charge in [-0.25, -0.2) is 15.0 Å². The van der Waals surface area contributed by atoms with Gasteiger partial charge in [-0.1, -0.05) is 13.8 Å². The first-order chi connectivity index (χ1) is 11.4. The molecule has 0 spiro atoms. The van der Waals surface area contributed by atoms with Crippen molar-refractivity contribution in [2.24, 2.45) is 0 Å². The molecular weight excluding hydrogens is 338 g/mol. The van der Waals surface area contributed by atoms with Crippen molar-refractivity contribution in [3.8, 4) is 0 Å². The number of nitrogens with zero attached hydrogens (tertiary/aromatic N) is 3. The first kappa shape index (κ1) is 16.2. The Labute approximate surface area is 150 Å². The quantitative estimate of drug-likeness (QED) is 0.479. The molecule has 4 heterocycles.